The molecule has 0 bridgehead atoms. The highest BCUT2D eigenvalue weighted by Crippen LogP contribution is 2.24. The molecule has 0 radical (unpaired) electrons. The van der Waals surface area contributed by atoms with Crippen molar-refractivity contribution in [2.24, 2.45) is 17.0 Å². The highest BCUT2D eigenvalue weighted by Gasteiger charge is 2.30. The van der Waals surface area contributed by atoms with Crippen LogP contribution in [0.5, 0.6) is 0 Å². The molecule has 0 spiro atoms. The zero-order valence-corrected chi connectivity index (χ0v) is 12.2. The molecule has 0 saturated carbocycles. The first-order valence-electron chi connectivity index (χ1n) is 6.31. The van der Waals surface area contributed by atoms with Crippen molar-refractivity contribution in [2.75, 3.05) is 13.1 Å². The summed E-state index contributed by atoms with van der Waals surface area (Å²) in [6, 6.07) is 3.23. The molecule has 7 heteroatoms. The average molecular weight is 300 g/mol. The zero-order valence-electron chi connectivity index (χ0n) is 11.3. The van der Waals surface area contributed by atoms with E-state index in [9.17, 15) is 17.6 Å². The van der Waals surface area contributed by atoms with E-state index in [2.05, 4.69) is 13.8 Å². The Morgan fingerprint density at radius 2 is 1.85 bits per heavy atom. The summed E-state index contributed by atoms with van der Waals surface area (Å²) in [5.41, 5.74) is 0.136. The molecule has 5 nitrogen and oxygen atoms in total. The smallest absolute Gasteiger partial charge is 0.253 e. The van der Waals surface area contributed by atoms with Crippen molar-refractivity contribution in [1.29, 1.82) is 0 Å². The molecule has 1 aliphatic heterocycles. The summed E-state index contributed by atoms with van der Waals surface area (Å²) < 4.78 is 36.0. The number of amides is 1. The molecule has 1 saturated heterocycles. The highest BCUT2D eigenvalue weighted by molar-refractivity contribution is 7.89. The van der Waals surface area contributed by atoms with Crippen LogP contribution in [0.3, 0.4) is 0 Å². The standard InChI is InChI=1S/C13H17FN2O3S/c1-8-6-16(7-9(8)2)13(17)10-3-4-11(14)12(5-10)20(15,18)19/h3-5,8-9H,6-7H2,1-2H3,(H2,15,18,19). The fourth-order valence-corrected chi connectivity index (χ4v) is 2.96. The second-order valence-electron chi connectivity index (χ2n) is 5.35. The minimum absolute atomic E-state index is 0.136. The Morgan fingerprint density at radius 1 is 1.30 bits per heavy atom. The van der Waals surface area contributed by atoms with Gasteiger partial charge in [0, 0.05) is 18.7 Å². The van der Waals surface area contributed by atoms with Gasteiger partial charge in [0.2, 0.25) is 10.0 Å². The highest BCUT2D eigenvalue weighted by atomic mass is 32.2. The number of benzene rings is 1. The molecule has 2 unspecified atom stereocenters. The van der Waals surface area contributed by atoms with Crippen LogP contribution in [0, 0.1) is 17.7 Å². The molecule has 0 aromatic heterocycles. The first-order valence-corrected chi connectivity index (χ1v) is 7.86. The van der Waals surface area contributed by atoms with Gasteiger partial charge in [0.05, 0.1) is 0 Å². The van der Waals surface area contributed by atoms with Crippen LogP contribution >= 0.6 is 0 Å². The van der Waals surface area contributed by atoms with Gasteiger partial charge < -0.3 is 4.90 Å². The molecule has 1 heterocycles. The van der Waals surface area contributed by atoms with Crippen molar-refractivity contribution in [2.45, 2.75) is 18.7 Å². The van der Waals surface area contributed by atoms with Gasteiger partial charge in [-0.3, -0.25) is 4.79 Å². The lowest BCUT2D eigenvalue weighted by molar-refractivity contribution is 0.0784. The third-order valence-corrected chi connectivity index (χ3v) is 4.69. The van der Waals surface area contributed by atoms with Crippen molar-refractivity contribution in [3.8, 4) is 0 Å². The van der Waals surface area contributed by atoms with Crippen LogP contribution in [0.15, 0.2) is 23.1 Å². The number of nitrogens with two attached hydrogens (primary N) is 1. The molecular formula is C13H17FN2O3S. The van der Waals surface area contributed by atoms with Crippen LogP contribution in [-0.2, 0) is 10.0 Å². The fourth-order valence-electron chi connectivity index (χ4n) is 2.33. The number of hydrogen-bond donors (Lipinski definition) is 1. The third kappa shape index (κ3) is 2.83. The van der Waals surface area contributed by atoms with E-state index in [0.717, 1.165) is 12.1 Å². The summed E-state index contributed by atoms with van der Waals surface area (Å²) in [6.07, 6.45) is 0. The minimum Gasteiger partial charge on any atom is -0.338 e. The Balaban J connectivity index is 2.33. The zero-order chi connectivity index (χ0) is 15.1. The van der Waals surface area contributed by atoms with Gasteiger partial charge in [-0.15, -0.1) is 0 Å². The molecule has 20 heavy (non-hydrogen) atoms. The van der Waals surface area contributed by atoms with Gasteiger partial charge in [-0.2, -0.15) is 0 Å². The number of primary sulfonamides is 1. The Kier molecular flexibility index (Phi) is 3.84. The molecule has 1 aromatic rings. The van der Waals surface area contributed by atoms with Crippen LogP contribution in [-0.4, -0.2) is 32.3 Å². The van der Waals surface area contributed by atoms with Crippen LogP contribution < -0.4 is 5.14 Å². The average Bonchev–Trinajstić information content (AvgIpc) is 2.68. The van der Waals surface area contributed by atoms with Crippen LogP contribution in [0.2, 0.25) is 0 Å². The number of sulfonamides is 1. The number of hydrogen-bond acceptors (Lipinski definition) is 3. The predicted molar refractivity (Wildman–Crippen MR) is 72.0 cm³/mol. The van der Waals surface area contributed by atoms with Crippen molar-refractivity contribution in [3.05, 3.63) is 29.6 Å². The minimum atomic E-state index is -4.18. The molecule has 1 fully saturated rings. The number of nitrogens with zero attached hydrogens (tertiary/aromatic N) is 1. The summed E-state index contributed by atoms with van der Waals surface area (Å²) in [7, 11) is -4.18. The van der Waals surface area contributed by atoms with E-state index in [1.165, 1.54) is 6.07 Å². The van der Waals surface area contributed by atoms with Gasteiger partial charge in [0.15, 0.2) is 0 Å². The molecule has 1 aromatic carbocycles. The number of carbonyl (C=O) groups excluding carboxylic acids is 1. The molecule has 2 atom stereocenters. The monoisotopic (exact) mass is 300 g/mol. The van der Waals surface area contributed by atoms with Crippen molar-refractivity contribution in [1.82, 2.24) is 4.90 Å². The predicted octanol–water partition coefficient (Wildman–Crippen LogP) is 1.20. The van der Waals surface area contributed by atoms with E-state index in [-0.39, 0.29) is 11.5 Å². The van der Waals surface area contributed by atoms with Gasteiger partial charge >= 0.3 is 0 Å². The molecule has 2 N–H and O–H groups in total. The van der Waals surface area contributed by atoms with Gasteiger partial charge in [-0.25, -0.2) is 17.9 Å². The Hall–Kier alpha value is -1.47. The normalized spacial score (nSPS) is 23.1. The molecule has 2 rings (SSSR count). The van der Waals surface area contributed by atoms with Crippen LogP contribution in [0.25, 0.3) is 0 Å². The maximum Gasteiger partial charge on any atom is 0.253 e. The first-order chi connectivity index (χ1) is 9.20. The fraction of sp³-hybridized carbons (Fsp3) is 0.462. The van der Waals surface area contributed by atoms with E-state index in [0.29, 0.717) is 24.9 Å². The van der Waals surface area contributed by atoms with Crippen molar-refractivity contribution >= 4 is 15.9 Å². The second kappa shape index (κ2) is 5.14. The lowest BCUT2D eigenvalue weighted by atomic mass is 10.0. The lowest BCUT2D eigenvalue weighted by Crippen LogP contribution is -2.29. The quantitative estimate of drug-likeness (QED) is 0.891. The van der Waals surface area contributed by atoms with Gasteiger partial charge in [-0.05, 0) is 30.0 Å². The summed E-state index contributed by atoms with van der Waals surface area (Å²) in [5.74, 6) is -0.479. The number of likely N-dealkylation sites (tertiary alicyclic amines) is 1. The Labute approximate surface area is 117 Å². The van der Waals surface area contributed by atoms with Crippen molar-refractivity contribution < 1.29 is 17.6 Å². The largest absolute Gasteiger partial charge is 0.338 e. The first kappa shape index (κ1) is 14.9. The second-order valence-corrected chi connectivity index (χ2v) is 6.88. The Morgan fingerprint density at radius 3 is 2.35 bits per heavy atom. The maximum atomic E-state index is 13.4. The van der Waals surface area contributed by atoms with Crippen molar-refractivity contribution in [3.63, 3.8) is 0 Å². The Bertz CT molecular complexity index is 635. The van der Waals surface area contributed by atoms with E-state index < -0.39 is 20.7 Å². The van der Waals surface area contributed by atoms with Crippen LogP contribution in [0.1, 0.15) is 24.2 Å². The lowest BCUT2D eigenvalue weighted by Gasteiger charge is -2.16. The number of rotatable bonds is 2. The van der Waals surface area contributed by atoms with E-state index in [4.69, 9.17) is 5.14 Å². The SMILES string of the molecule is CC1CN(C(=O)c2ccc(F)c(S(N)(=O)=O)c2)CC1C. The van der Waals surface area contributed by atoms with E-state index in [1.807, 2.05) is 0 Å². The van der Waals surface area contributed by atoms with Gasteiger partial charge in [-0.1, -0.05) is 13.8 Å². The molecule has 110 valence electrons. The third-order valence-electron chi connectivity index (χ3n) is 3.76. The summed E-state index contributed by atoms with van der Waals surface area (Å²) in [5, 5.41) is 4.93. The summed E-state index contributed by atoms with van der Waals surface area (Å²) >= 11 is 0. The molecule has 0 aliphatic carbocycles. The van der Waals surface area contributed by atoms with E-state index >= 15 is 0 Å². The van der Waals surface area contributed by atoms with Gasteiger partial charge in [0.1, 0.15) is 10.7 Å². The summed E-state index contributed by atoms with van der Waals surface area (Å²) in [4.78, 5) is 13.3. The molecular weight excluding hydrogens is 283 g/mol. The summed E-state index contributed by atoms with van der Waals surface area (Å²) in [6.45, 7) is 5.33. The topological polar surface area (TPSA) is 80.5 Å². The van der Waals surface area contributed by atoms with E-state index in [1.54, 1.807) is 4.90 Å². The maximum absolute atomic E-state index is 13.4. The van der Waals surface area contributed by atoms with Crippen LogP contribution in [0.4, 0.5) is 4.39 Å². The van der Waals surface area contributed by atoms with Gasteiger partial charge in [0.25, 0.3) is 5.91 Å². The molecule has 1 amide bonds. The number of carbonyl (C=O) groups is 1. The number of halogens is 1. The molecule has 1 aliphatic rings.